The molecule has 0 saturated heterocycles. The molecule has 0 N–H and O–H groups in total. The summed E-state index contributed by atoms with van der Waals surface area (Å²) in [5, 5.41) is 0. The predicted molar refractivity (Wildman–Crippen MR) is 24.4 cm³/mol. The Kier molecular flexibility index (Phi) is 24.3. The van der Waals surface area contributed by atoms with Gasteiger partial charge in [-0.25, -0.2) is 0 Å². The molecule has 0 aromatic carbocycles. The molecule has 0 saturated carbocycles. The first-order valence-corrected chi connectivity index (χ1v) is 5.95. The predicted octanol–water partition coefficient (Wildman–Crippen LogP) is -7.69. The van der Waals surface area contributed by atoms with Gasteiger partial charge in [0.25, 0.3) is 0 Å². The Morgan fingerprint density at radius 1 is 1.00 bits per heavy atom. The van der Waals surface area contributed by atoms with Crippen molar-refractivity contribution in [2.24, 2.45) is 0 Å². The molecular weight excluding hydrogens is 234 g/mol. The SMILES string of the molecule is C[Si](C)(C)[O][Ti+3].[Cl-].[Cl-].[Cl-]. The minimum atomic E-state index is -1.13. The second kappa shape index (κ2) is 9.76. The Hall–Kier alpha value is 1.76. The smallest absolute Gasteiger partial charge is 1.00 e. The van der Waals surface area contributed by atoms with Crippen LogP contribution in [0.1, 0.15) is 0 Å². The number of hydrogen-bond acceptors (Lipinski definition) is 1. The summed E-state index contributed by atoms with van der Waals surface area (Å²) in [6, 6.07) is 0. The molecule has 0 aromatic heterocycles. The van der Waals surface area contributed by atoms with Crippen molar-refractivity contribution >= 4 is 8.32 Å². The van der Waals surface area contributed by atoms with E-state index in [0.29, 0.717) is 0 Å². The Morgan fingerprint density at radius 3 is 1.11 bits per heavy atom. The van der Waals surface area contributed by atoms with E-state index in [1.165, 1.54) is 0 Å². The maximum absolute atomic E-state index is 5.08. The summed E-state index contributed by atoms with van der Waals surface area (Å²) in [5.41, 5.74) is 0. The van der Waals surface area contributed by atoms with E-state index in [4.69, 9.17) is 3.01 Å². The molecular formula is C3H9Cl3OSiTi. The summed E-state index contributed by atoms with van der Waals surface area (Å²) >= 11 is 1.77. The zero-order valence-corrected chi connectivity index (χ0v) is 10.4. The van der Waals surface area contributed by atoms with Crippen molar-refractivity contribution in [1.82, 2.24) is 0 Å². The molecule has 0 aliphatic rings. The van der Waals surface area contributed by atoms with Gasteiger partial charge in [-0.1, -0.05) is 0 Å². The summed E-state index contributed by atoms with van der Waals surface area (Å²) in [4.78, 5) is 0. The van der Waals surface area contributed by atoms with Crippen molar-refractivity contribution in [2.45, 2.75) is 19.6 Å². The van der Waals surface area contributed by atoms with Gasteiger partial charge in [0, 0.05) is 0 Å². The van der Waals surface area contributed by atoms with Crippen molar-refractivity contribution in [3.05, 3.63) is 0 Å². The fourth-order valence-electron chi connectivity index (χ4n) is 0. The zero-order chi connectivity index (χ0) is 5.21. The largest absolute Gasteiger partial charge is 1.00 e. The monoisotopic (exact) mass is 242 g/mol. The average Bonchev–Trinajstić information content (AvgIpc) is 1.35. The molecule has 1 nitrogen and oxygen atoms in total. The van der Waals surface area contributed by atoms with E-state index in [-0.39, 0.29) is 37.2 Å². The van der Waals surface area contributed by atoms with Gasteiger partial charge in [0.15, 0.2) is 0 Å². The van der Waals surface area contributed by atoms with Crippen molar-refractivity contribution in [1.29, 1.82) is 0 Å². The van der Waals surface area contributed by atoms with E-state index < -0.39 is 8.32 Å². The summed E-state index contributed by atoms with van der Waals surface area (Å²) in [6.07, 6.45) is 0. The quantitative estimate of drug-likeness (QED) is 0.416. The first-order chi connectivity index (χ1) is 2.56. The summed E-state index contributed by atoms with van der Waals surface area (Å²) in [7, 11) is -1.13. The molecule has 0 aromatic rings. The molecule has 9 heavy (non-hydrogen) atoms. The van der Waals surface area contributed by atoms with E-state index in [0.717, 1.165) is 0 Å². The van der Waals surface area contributed by atoms with E-state index >= 15 is 0 Å². The topological polar surface area (TPSA) is 9.23 Å². The van der Waals surface area contributed by atoms with Crippen LogP contribution in [-0.2, 0) is 23.8 Å². The van der Waals surface area contributed by atoms with Gasteiger partial charge in [0.1, 0.15) is 0 Å². The van der Waals surface area contributed by atoms with Crippen LogP contribution in [-0.4, -0.2) is 8.32 Å². The van der Waals surface area contributed by atoms with Crippen LogP contribution in [0.2, 0.25) is 19.6 Å². The molecule has 0 spiro atoms. The number of rotatable bonds is 1. The average molecular weight is 243 g/mol. The van der Waals surface area contributed by atoms with E-state index in [2.05, 4.69) is 19.6 Å². The normalized spacial score (nSPS) is 8.11. The molecule has 56 valence electrons. The molecule has 0 amide bonds. The first-order valence-electron chi connectivity index (χ1n) is 1.91. The molecule has 0 heterocycles. The Bertz CT molecular complexity index is 48.8. The standard InChI is InChI=1S/C3H9OSi.3ClH.Ti/c1-5(2,3)4;;;;/h1-3H3;3*1H;/q-1;;;;+4/p-3. The molecule has 0 fully saturated rings. The van der Waals surface area contributed by atoms with Crippen molar-refractivity contribution in [3.8, 4) is 0 Å². The van der Waals surface area contributed by atoms with E-state index in [9.17, 15) is 0 Å². The van der Waals surface area contributed by atoms with Crippen LogP contribution in [0, 0.1) is 0 Å². The van der Waals surface area contributed by atoms with Gasteiger partial charge in [-0.15, -0.1) is 0 Å². The van der Waals surface area contributed by atoms with Crippen LogP contribution in [0.3, 0.4) is 0 Å². The van der Waals surface area contributed by atoms with Crippen LogP contribution in [0.25, 0.3) is 0 Å². The van der Waals surface area contributed by atoms with Crippen molar-refractivity contribution in [2.75, 3.05) is 0 Å². The fourth-order valence-corrected chi connectivity index (χ4v) is 0. The molecule has 0 rings (SSSR count). The summed E-state index contributed by atoms with van der Waals surface area (Å²) < 4.78 is 5.08. The molecule has 0 bridgehead atoms. The van der Waals surface area contributed by atoms with Crippen LogP contribution in [0.4, 0.5) is 0 Å². The van der Waals surface area contributed by atoms with Crippen LogP contribution >= 0.6 is 0 Å². The number of halogens is 3. The first kappa shape index (κ1) is 22.4. The van der Waals surface area contributed by atoms with Gasteiger partial charge in [0.2, 0.25) is 0 Å². The second-order valence-corrected chi connectivity index (χ2v) is 7.60. The van der Waals surface area contributed by atoms with Gasteiger partial charge in [0.05, 0.1) is 0 Å². The third-order valence-corrected chi connectivity index (χ3v) is 3.79. The van der Waals surface area contributed by atoms with Crippen LogP contribution in [0.15, 0.2) is 0 Å². The van der Waals surface area contributed by atoms with Gasteiger partial charge in [-0.3, -0.25) is 0 Å². The van der Waals surface area contributed by atoms with E-state index in [1.807, 2.05) is 0 Å². The maximum atomic E-state index is 5.08. The van der Waals surface area contributed by atoms with Gasteiger partial charge < -0.3 is 37.2 Å². The molecule has 6 heteroatoms. The molecule has 0 aliphatic carbocycles. The Labute approximate surface area is 88.6 Å². The zero-order valence-electron chi connectivity index (χ0n) is 5.54. The van der Waals surface area contributed by atoms with Gasteiger partial charge in [-0.2, -0.15) is 0 Å². The van der Waals surface area contributed by atoms with Crippen molar-refractivity contribution < 1.29 is 61.1 Å². The minimum Gasteiger partial charge on any atom is -1.00 e. The third-order valence-electron chi connectivity index (χ3n) is 0.306. The molecule has 0 unspecified atom stereocenters. The molecule has 0 aliphatic heterocycles. The van der Waals surface area contributed by atoms with Crippen LogP contribution < -0.4 is 37.2 Å². The minimum absolute atomic E-state index is 0. The van der Waals surface area contributed by atoms with Gasteiger partial charge >= 0.3 is 51.8 Å². The number of hydrogen-bond donors (Lipinski definition) is 0. The fraction of sp³-hybridized carbons (Fsp3) is 1.00. The van der Waals surface area contributed by atoms with E-state index in [1.54, 1.807) is 20.8 Å². The van der Waals surface area contributed by atoms with Gasteiger partial charge in [-0.05, 0) is 0 Å². The van der Waals surface area contributed by atoms with Crippen molar-refractivity contribution in [3.63, 3.8) is 0 Å². The maximum Gasteiger partial charge on any atom is -1.00 e. The summed E-state index contributed by atoms with van der Waals surface area (Å²) in [6.45, 7) is 6.48. The van der Waals surface area contributed by atoms with Crippen LogP contribution in [0.5, 0.6) is 0 Å². The third kappa shape index (κ3) is 25.9. The molecule has 0 atom stereocenters. The Morgan fingerprint density at radius 2 is 1.11 bits per heavy atom. The summed E-state index contributed by atoms with van der Waals surface area (Å²) in [5.74, 6) is 0. The second-order valence-electron chi connectivity index (χ2n) is 2.21. The Balaban J connectivity index is -0.0000000417. The molecule has 0 radical (unpaired) electrons.